The molecule has 104 valence electrons. The Labute approximate surface area is 115 Å². The Morgan fingerprint density at radius 3 is 2.65 bits per heavy atom. The van der Waals surface area contributed by atoms with Crippen LogP contribution in [0.15, 0.2) is 24.3 Å². The molecule has 0 N–H and O–H groups in total. The number of aryl methyl sites for hydroxylation is 1. The second kappa shape index (κ2) is 4.55. The molecule has 3 aromatic rings. The monoisotopic (exact) mass is 298 g/mol. The molecule has 3 rings (SSSR count). The van der Waals surface area contributed by atoms with E-state index in [9.17, 15) is 13.2 Å². The van der Waals surface area contributed by atoms with Crippen LogP contribution >= 0.6 is 11.3 Å². The summed E-state index contributed by atoms with van der Waals surface area (Å²) >= 11 is 1.10. The zero-order valence-electron chi connectivity index (χ0n) is 10.3. The van der Waals surface area contributed by atoms with Gasteiger partial charge in [0.05, 0.1) is 5.56 Å². The molecule has 0 unspecified atom stereocenters. The Bertz CT molecular complexity index is 759. The van der Waals surface area contributed by atoms with Crippen molar-refractivity contribution < 1.29 is 13.2 Å². The van der Waals surface area contributed by atoms with Crippen LogP contribution < -0.4 is 0 Å². The summed E-state index contributed by atoms with van der Waals surface area (Å²) in [6.45, 7) is 1.89. The number of fused-ring (bicyclic) bond motifs is 1. The van der Waals surface area contributed by atoms with E-state index in [4.69, 9.17) is 0 Å². The highest BCUT2D eigenvalue weighted by atomic mass is 32.1. The zero-order chi connectivity index (χ0) is 14.3. The van der Waals surface area contributed by atoms with Crippen molar-refractivity contribution in [2.75, 3.05) is 0 Å². The normalized spacial score (nSPS) is 12.2. The van der Waals surface area contributed by atoms with Crippen LogP contribution in [0.25, 0.3) is 15.5 Å². The van der Waals surface area contributed by atoms with E-state index < -0.39 is 11.7 Å². The first-order valence-electron chi connectivity index (χ1n) is 5.88. The van der Waals surface area contributed by atoms with E-state index in [0.717, 1.165) is 17.4 Å². The van der Waals surface area contributed by atoms with Crippen molar-refractivity contribution in [3.63, 3.8) is 0 Å². The molecule has 8 heteroatoms. The maximum Gasteiger partial charge on any atom is 0.417 e. The van der Waals surface area contributed by atoms with E-state index in [0.29, 0.717) is 17.2 Å². The van der Waals surface area contributed by atoms with Gasteiger partial charge >= 0.3 is 6.18 Å². The average molecular weight is 298 g/mol. The van der Waals surface area contributed by atoms with Crippen LogP contribution in [0.3, 0.4) is 0 Å². The predicted octanol–water partition coefficient (Wildman–Crippen LogP) is 3.43. The molecule has 0 spiro atoms. The van der Waals surface area contributed by atoms with Gasteiger partial charge in [-0.2, -0.15) is 22.8 Å². The largest absolute Gasteiger partial charge is 0.417 e. The van der Waals surface area contributed by atoms with Crippen LogP contribution in [-0.2, 0) is 12.6 Å². The molecule has 0 bridgehead atoms. The molecular formula is C12H9F3N4S. The molecule has 0 fully saturated rings. The number of aromatic nitrogens is 4. The van der Waals surface area contributed by atoms with Gasteiger partial charge < -0.3 is 0 Å². The first kappa shape index (κ1) is 13.0. The second-order valence-electron chi connectivity index (χ2n) is 4.11. The lowest BCUT2D eigenvalue weighted by Crippen LogP contribution is -2.07. The fourth-order valence-corrected chi connectivity index (χ4v) is 2.80. The third-order valence-electron chi connectivity index (χ3n) is 2.83. The SMILES string of the molecule is CCc1nnc2sc(-c3ccccc3C(F)(F)F)nn12. The van der Waals surface area contributed by atoms with E-state index in [1.165, 1.54) is 16.6 Å². The van der Waals surface area contributed by atoms with Crippen LogP contribution in [-0.4, -0.2) is 19.8 Å². The minimum absolute atomic E-state index is 0.0672. The molecule has 20 heavy (non-hydrogen) atoms. The van der Waals surface area contributed by atoms with Gasteiger partial charge in [-0.15, -0.1) is 10.2 Å². The van der Waals surface area contributed by atoms with Crippen molar-refractivity contribution >= 4 is 16.3 Å². The van der Waals surface area contributed by atoms with Crippen LogP contribution in [0.2, 0.25) is 0 Å². The lowest BCUT2D eigenvalue weighted by atomic mass is 10.1. The van der Waals surface area contributed by atoms with E-state index in [1.54, 1.807) is 6.07 Å². The smallest absolute Gasteiger partial charge is 0.187 e. The van der Waals surface area contributed by atoms with Gasteiger partial charge in [-0.05, 0) is 6.07 Å². The second-order valence-corrected chi connectivity index (χ2v) is 5.07. The molecule has 0 aliphatic rings. The molecule has 0 aliphatic carbocycles. The van der Waals surface area contributed by atoms with Gasteiger partial charge in [-0.25, -0.2) is 0 Å². The number of benzene rings is 1. The molecular weight excluding hydrogens is 289 g/mol. The third-order valence-corrected chi connectivity index (χ3v) is 3.77. The minimum atomic E-state index is -4.41. The summed E-state index contributed by atoms with van der Waals surface area (Å²) < 4.78 is 40.5. The summed E-state index contributed by atoms with van der Waals surface area (Å²) in [7, 11) is 0. The number of halogens is 3. The number of hydrogen-bond donors (Lipinski definition) is 0. The maximum absolute atomic E-state index is 13.0. The lowest BCUT2D eigenvalue weighted by Gasteiger charge is -2.09. The summed E-state index contributed by atoms with van der Waals surface area (Å²) in [5, 5.41) is 12.3. The molecule has 0 saturated carbocycles. The highest BCUT2D eigenvalue weighted by Gasteiger charge is 2.34. The Hall–Kier alpha value is -1.96. The average Bonchev–Trinajstić information content (AvgIpc) is 2.97. The standard InChI is InChI=1S/C12H9F3N4S/c1-2-9-16-17-11-19(9)18-10(20-11)7-5-3-4-6-8(7)12(13,14)15/h3-6H,2H2,1H3. The van der Waals surface area contributed by atoms with Crippen LogP contribution in [0.1, 0.15) is 18.3 Å². The minimum Gasteiger partial charge on any atom is -0.187 e. The third kappa shape index (κ3) is 2.05. The van der Waals surface area contributed by atoms with Gasteiger partial charge in [-0.3, -0.25) is 0 Å². The zero-order valence-corrected chi connectivity index (χ0v) is 11.2. The molecule has 4 nitrogen and oxygen atoms in total. The molecule has 0 aliphatic heterocycles. The van der Waals surface area contributed by atoms with Crippen LogP contribution in [0, 0.1) is 0 Å². The summed E-state index contributed by atoms with van der Waals surface area (Å²) in [5.41, 5.74) is -0.624. The van der Waals surface area contributed by atoms with Gasteiger partial charge in [0.25, 0.3) is 0 Å². The van der Waals surface area contributed by atoms with E-state index >= 15 is 0 Å². The highest BCUT2D eigenvalue weighted by molar-refractivity contribution is 7.19. The summed E-state index contributed by atoms with van der Waals surface area (Å²) in [6.07, 6.45) is -3.79. The molecule has 0 amide bonds. The highest BCUT2D eigenvalue weighted by Crippen LogP contribution is 2.38. The van der Waals surface area contributed by atoms with Crippen molar-refractivity contribution in [2.24, 2.45) is 0 Å². The lowest BCUT2D eigenvalue weighted by molar-refractivity contribution is -0.137. The Kier molecular flexibility index (Phi) is 2.97. The Balaban J connectivity index is 2.18. The van der Waals surface area contributed by atoms with E-state index in [-0.39, 0.29) is 10.6 Å². The summed E-state index contributed by atoms with van der Waals surface area (Å²) in [6, 6.07) is 5.40. The first-order chi connectivity index (χ1) is 9.50. The van der Waals surface area contributed by atoms with Gasteiger partial charge in [0.2, 0.25) is 4.96 Å². The van der Waals surface area contributed by atoms with Crippen molar-refractivity contribution in [3.05, 3.63) is 35.7 Å². The van der Waals surface area contributed by atoms with Gasteiger partial charge in [0.1, 0.15) is 5.01 Å². The molecule has 0 atom stereocenters. The predicted molar refractivity (Wildman–Crippen MR) is 68.5 cm³/mol. The molecule has 0 saturated heterocycles. The van der Waals surface area contributed by atoms with E-state index in [2.05, 4.69) is 15.3 Å². The van der Waals surface area contributed by atoms with Crippen molar-refractivity contribution in [1.29, 1.82) is 0 Å². The van der Waals surface area contributed by atoms with E-state index in [1.807, 2.05) is 6.92 Å². The molecule has 2 heterocycles. The maximum atomic E-state index is 13.0. The van der Waals surface area contributed by atoms with Crippen molar-refractivity contribution in [2.45, 2.75) is 19.5 Å². The first-order valence-corrected chi connectivity index (χ1v) is 6.70. The van der Waals surface area contributed by atoms with Crippen molar-refractivity contribution in [3.8, 4) is 10.6 Å². The van der Waals surface area contributed by atoms with Gasteiger partial charge in [0.15, 0.2) is 5.82 Å². The topological polar surface area (TPSA) is 43.1 Å². The fraction of sp³-hybridized carbons (Fsp3) is 0.250. The van der Waals surface area contributed by atoms with Gasteiger partial charge in [-0.1, -0.05) is 36.5 Å². The number of alkyl halides is 3. The number of nitrogens with zero attached hydrogens (tertiary/aromatic N) is 4. The number of rotatable bonds is 2. The van der Waals surface area contributed by atoms with Crippen molar-refractivity contribution in [1.82, 2.24) is 19.8 Å². The Morgan fingerprint density at radius 2 is 1.95 bits per heavy atom. The summed E-state index contributed by atoms with van der Waals surface area (Å²) in [5.74, 6) is 0.631. The summed E-state index contributed by atoms with van der Waals surface area (Å²) in [4.78, 5) is 0.494. The Morgan fingerprint density at radius 1 is 1.20 bits per heavy atom. The number of hydrogen-bond acceptors (Lipinski definition) is 4. The molecule has 1 aromatic carbocycles. The molecule has 2 aromatic heterocycles. The van der Waals surface area contributed by atoms with Gasteiger partial charge in [0, 0.05) is 12.0 Å². The quantitative estimate of drug-likeness (QED) is 0.728. The fourth-order valence-electron chi connectivity index (χ4n) is 1.90. The van der Waals surface area contributed by atoms with Crippen LogP contribution in [0.5, 0.6) is 0 Å². The molecule has 0 radical (unpaired) electrons. The van der Waals surface area contributed by atoms with Crippen LogP contribution in [0.4, 0.5) is 13.2 Å².